The van der Waals surface area contributed by atoms with Crippen molar-refractivity contribution in [3.8, 4) is 5.75 Å². The van der Waals surface area contributed by atoms with Crippen molar-refractivity contribution < 1.29 is 9.47 Å². The molecule has 1 heterocycles. The van der Waals surface area contributed by atoms with E-state index in [9.17, 15) is 0 Å². The molecule has 0 aromatic heterocycles. The Bertz CT molecular complexity index is 605. The molecule has 6 nitrogen and oxygen atoms in total. The lowest BCUT2D eigenvalue weighted by molar-refractivity contribution is 0.155. The molecule has 0 spiro atoms. The molecule has 0 atom stereocenters. The average Bonchev–Trinajstić information content (AvgIpc) is 2.73. The number of benzene rings is 1. The van der Waals surface area contributed by atoms with Crippen LogP contribution >= 0.6 is 24.0 Å². The van der Waals surface area contributed by atoms with Crippen LogP contribution in [0.5, 0.6) is 5.75 Å². The Balaban J connectivity index is 0.00000450. The van der Waals surface area contributed by atoms with E-state index in [4.69, 9.17) is 14.5 Å². The maximum atomic E-state index is 6.00. The van der Waals surface area contributed by atoms with Gasteiger partial charge in [-0.2, -0.15) is 0 Å². The Kier molecular flexibility index (Phi) is 14.1. The molecule has 1 saturated heterocycles. The topological polar surface area (TPSA) is 58.1 Å². The molecule has 0 radical (unpaired) electrons. The first-order chi connectivity index (χ1) is 14.1. The zero-order chi connectivity index (χ0) is 20.9. The van der Waals surface area contributed by atoms with E-state index >= 15 is 0 Å². The summed E-state index contributed by atoms with van der Waals surface area (Å²) in [7, 11) is 1.77. The lowest BCUT2D eigenvalue weighted by Gasteiger charge is -2.33. The molecule has 7 heteroatoms. The fourth-order valence-electron chi connectivity index (χ4n) is 3.65. The zero-order valence-corrected chi connectivity index (χ0v) is 21.5. The molecule has 0 amide bonds. The van der Waals surface area contributed by atoms with E-state index in [0.717, 1.165) is 63.8 Å². The first kappa shape index (κ1) is 27.0. The summed E-state index contributed by atoms with van der Waals surface area (Å²) in [6.07, 6.45) is 3.41. The Morgan fingerprint density at radius 3 is 2.60 bits per heavy atom. The summed E-state index contributed by atoms with van der Waals surface area (Å²) in [6.45, 7) is 12.8. The number of halogens is 1. The van der Waals surface area contributed by atoms with Gasteiger partial charge < -0.3 is 25.0 Å². The molecule has 0 unspecified atom stereocenters. The van der Waals surface area contributed by atoms with Crippen LogP contribution in [0.4, 0.5) is 0 Å². The number of hydrogen-bond donors (Lipinski definition) is 2. The van der Waals surface area contributed by atoms with E-state index in [1.807, 2.05) is 12.1 Å². The van der Waals surface area contributed by atoms with Gasteiger partial charge in [0.1, 0.15) is 12.4 Å². The fraction of sp³-hybridized carbons (Fsp3) is 0.696. The molecule has 1 aliphatic heterocycles. The molecule has 1 fully saturated rings. The van der Waals surface area contributed by atoms with Crippen LogP contribution in [0.15, 0.2) is 29.3 Å². The van der Waals surface area contributed by atoms with E-state index in [-0.39, 0.29) is 24.0 Å². The van der Waals surface area contributed by atoms with Crippen LogP contribution < -0.4 is 15.4 Å². The van der Waals surface area contributed by atoms with Gasteiger partial charge in [0.25, 0.3) is 0 Å². The summed E-state index contributed by atoms with van der Waals surface area (Å²) >= 11 is 0. The molecule has 1 aromatic carbocycles. The van der Waals surface area contributed by atoms with Crippen molar-refractivity contribution in [1.82, 2.24) is 15.5 Å². The van der Waals surface area contributed by atoms with Gasteiger partial charge in [0, 0.05) is 45.9 Å². The number of nitrogens with zero attached hydrogens (tertiary/aromatic N) is 2. The van der Waals surface area contributed by atoms with E-state index < -0.39 is 0 Å². The monoisotopic (exact) mass is 532 g/mol. The third-order valence-electron chi connectivity index (χ3n) is 5.26. The van der Waals surface area contributed by atoms with E-state index in [0.29, 0.717) is 25.1 Å². The second-order valence-corrected chi connectivity index (χ2v) is 7.91. The molecule has 2 N–H and O–H groups in total. The van der Waals surface area contributed by atoms with Gasteiger partial charge in [-0.25, -0.2) is 4.99 Å². The maximum absolute atomic E-state index is 6.00. The van der Waals surface area contributed by atoms with Crippen LogP contribution in [0.25, 0.3) is 0 Å². The molecular formula is C23H41IN4O2. The maximum Gasteiger partial charge on any atom is 0.191 e. The van der Waals surface area contributed by atoms with Crippen LogP contribution in [0.3, 0.4) is 0 Å². The highest BCUT2D eigenvalue weighted by Crippen LogP contribution is 2.25. The smallest absolute Gasteiger partial charge is 0.191 e. The first-order valence-corrected chi connectivity index (χ1v) is 11.1. The third kappa shape index (κ3) is 9.83. The van der Waals surface area contributed by atoms with Crippen molar-refractivity contribution in [2.24, 2.45) is 4.99 Å². The molecule has 0 bridgehead atoms. The molecule has 2 rings (SSSR count). The van der Waals surface area contributed by atoms with Gasteiger partial charge >= 0.3 is 0 Å². The zero-order valence-electron chi connectivity index (χ0n) is 19.2. The molecule has 1 aromatic rings. The minimum absolute atomic E-state index is 0. The quantitative estimate of drug-likeness (QED) is 0.196. The SMILES string of the molecule is CCNC(=NCCOc1ccccc1C(C)C)NC1CCN(CCCOC)CC1.I. The number of hydrogen-bond acceptors (Lipinski definition) is 4. The van der Waals surface area contributed by atoms with Gasteiger partial charge in [-0.1, -0.05) is 32.0 Å². The number of piperidine rings is 1. The van der Waals surface area contributed by atoms with Gasteiger partial charge in [0.2, 0.25) is 0 Å². The predicted octanol–water partition coefficient (Wildman–Crippen LogP) is 3.86. The standard InChI is InChI=1S/C23H40N4O2.HI/c1-5-24-23(26-20-11-15-27(16-12-20)14-8-17-28-4)25-13-18-29-22-10-7-6-9-21(22)19(2)3;/h6-7,9-10,19-20H,5,8,11-18H2,1-4H3,(H2,24,25,26);1H. The van der Waals surface area contributed by atoms with Gasteiger partial charge in [-0.15, -0.1) is 24.0 Å². The number of methoxy groups -OCH3 is 1. The van der Waals surface area contributed by atoms with Crippen molar-refractivity contribution in [1.29, 1.82) is 0 Å². The van der Waals surface area contributed by atoms with Crippen molar-refractivity contribution in [2.75, 3.05) is 53.0 Å². The number of nitrogens with one attached hydrogen (secondary N) is 2. The minimum atomic E-state index is 0. The van der Waals surface area contributed by atoms with Crippen LogP contribution in [-0.4, -0.2) is 69.9 Å². The predicted molar refractivity (Wildman–Crippen MR) is 137 cm³/mol. The molecule has 0 aliphatic carbocycles. The van der Waals surface area contributed by atoms with Crippen molar-refractivity contribution >= 4 is 29.9 Å². The lowest BCUT2D eigenvalue weighted by atomic mass is 10.0. The second-order valence-electron chi connectivity index (χ2n) is 7.91. The van der Waals surface area contributed by atoms with Crippen molar-refractivity contribution in [3.63, 3.8) is 0 Å². The number of ether oxygens (including phenoxy) is 2. The second kappa shape index (κ2) is 15.7. The summed E-state index contributed by atoms with van der Waals surface area (Å²) in [6, 6.07) is 8.75. The summed E-state index contributed by atoms with van der Waals surface area (Å²) in [5.74, 6) is 2.32. The summed E-state index contributed by atoms with van der Waals surface area (Å²) in [4.78, 5) is 7.25. The highest BCUT2D eigenvalue weighted by molar-refractivity contribution is 14.0. The van der Waals surface area contributed by atoms with Gasteiger partial charge in [-0.3, -0.25) is 0 Å². The third-order valence-corrected chi connectivity index (χ3v) is 5.26. The number of guanidine groups is 1. The Morgan fingerprint density at radius 2 is 1.93 bits per heavy atom. The van der Waals surface area contributed by atoms with Crippen LogP contribution in [0, 0.1) is 0 Å². The van der Waals surface area contributed by atoms with Crippen LogP contribution in [0.2, 0.25) is 0 Å². The van der Waals surface area contributed by atoms with Gasteiger partial charge in [0.15, 0.2) is 5.96 Å². The fourth-order valence-corrected chi connectivity index (χ4v) is 3.65. The van der Waals surface area contributed by atoms with Crippen LogP contribution in [0.1, 0.15) is 51.5 Å². The molecule has 1 aliphatic rings. The van der Waals surface area contributed by atoms with Gasteiger partial charge in [0.05, 0.1) is 6.54 Å². The van der Waals surface area contributed by atoms with Gasteiger partial charge in [-0.05, 0) is 43.7 Å². The van der Waals surface area contributed by atoms with E-state index in [2.05, 4.69) is 48.4 Å². The largest absolute Gasteiger partial charge is 0.491 e. The highest BCUT2D eigenvalue weighted by atomic mass is 127. The van der Waals surface area contributed by atoms with E-state index in [1.54, 1.807) is 7.11 Å². The normalized spacial score (nSPS) is 15.7. The Hall–Kier alpha value is -1.06. The number of aliphatic imine (C=N–C) groups is 1. The summed E-state index contributed by atoms with van der Waals surface area (Å²) < 4.78 is 11.2. The molecule has 30 heavy (non-hydrogen) atoms. The Morgan fingerprint density at radius 1 is 1.20 bits per heavy atom. The molecule has 0 saturated carbocycles. The average molecular weight is 533 g/mol. The highest BCUT2D eigenvalue weighted by Gasteiger charge is 2.19. The number of para-hydroxylation sites is 1. The van der Waals surface area contributed by atoms with Crippen molar-refractivity contribution in [2.45, 2.75) is 52.0 Å². The number of rotatable bonds is 11. The van der Waals surface area contributed by atoms with Crippen LogP contribution in [-0.2, 0) is 4.74 Å². The molecule has 172 valence electrons. The molecular weight excluding hydrogens is 491 g/mol. The van der Waals surface area contributed by atoms with E-state index in [1.165, 1.54) is 5.56 Å². The number of likely N-dealkylation sites (tertiary alicyclic amines) is 1. The summed E-state index contributed by atoms with van der Waals surface area (Å²) in [5.41, 5.74) is 1.25. The minimum Gasteiger partial charge on any atom is -0.491 e. The van der Waals surface area contributed by atoms with Crippen molar-refractivity contribution in [3.05, 3.63) is 29.8 Å². The summed E-state index contributed by atoms with van der Waals surface area (Å²) in [5, 5.41) is 6.97. The lowest BCUT2D eigenvalue weighted by Crippen LogP contribution is -2.49. The first-order valence-electron chi connectivity index (χ1n) is 11.1. The Labute approximate surface area is 200 Å².